The van der Waals surface area contributed by atoms with Gasteiger partial charge < -0.3 is 10.1 Å². The van der Waals surface area contributed by atoms with Gasteiger partial charge >= 0.3 is 0 Å². The zero-order valence-electron chi connectivity index (χ0n) is 10.3. The second kappa shape index (κ2) is 7.80. The SMILES string of the molecule is CCCC(CNCC)Oc1ccc(Cl)c(Cl)c1. The minimum Gasteiger partial charge on any atom is -0.489 e. The molecule has 0 amide bonds. The summed E-state index contributed by atoms with van der Waals surface area (Å²) in [4.78, 5) is 0. The molecule has 0 saturated carbocycles. The van der Waals surface area contributed by atoms with Crippen LogP contribution in [0.25, 0.3) is 0 Å². The normalized spacial score (nSPS) is 12.5. The summed E-state index contributed by atoms with van der Waals surface area (Å²) >= 11 is 11.8. The van der Waals surface area contributed by atoms with E-state index in [1.54, 1.807) is 12.1 Å². The molecular formula is C13H19Cl2NO. The lowest BCUT2D eigenvalue weighted by molar-refractivity contribution is 0.187. The minimum atomic E-state index is 0.178. The molecule has 0 aromatic heterocycles. The van der Waals surface area contributed by atoms with Crippen molar-refractivity contribution < 1.29 is 4.74 Å². The van der Waals surface area contributed by atoms with Crippen LogP contribution in [-0.4, -0.2) is 19.2 Å². The van der Waals surface area contributed by atoms with E-state index in [1.807, 2.05) is 6.07 Å². The van der Waals surface area contributed by atoms with Crippen molar-refractivity contribution in [1.82, 2.24) is 5.32 Å². The average molecular weight is 276 g/mol. The molecule has 1 aromatic carbocycles. The monoisotopic (exact) mass is 275 g/mol. The lowest BCUT2D eigenvalue weighted by atomic mass is 10.2. The van der Waals surface area contributed by atoms with E-state index in [-0.39, 0.29) is 6.10 Å². The lowest BCUT2D eigenvalue weighted by Crippen LogP contribution is -2.31. The Morgan fingerprint density at radius 1 is 1.24 bits per heavy atom. The van der Waals surface area contributed by atoms with Crippen molar-refractivity contribution in [2.45, 2.75) is 32.8 Å². The highest BCUT2D eigenvalue weighted by Gasteiger charge is 2.09. The van der Waals surface area contributed by atoms with E-state index in [0.717, 1.165) is 31.7 Å². The van der Waals surface area contributed by atoms with E-state index in [1.165, 1.54) is 0 Å². The first-order valence-electron chi connectivity index (χ1n) is 5.99. The van der Waals surface area contributed by atoms with Crippen LogP contribution in [0.4, 0.5) is 0 Å². The molecule has 0 bridgehead atoms. The zero-order chi connectivity index (χ0) is 12.7. The molecule has 96 valence electrons. The molecule has 0 radical (unpaired) electrons. The van der Waals surface area contributed by atoms with Crippen LogP contribution in [0, 0.1) is 0 Å². The van der Waals surface area contributed by atoms with E-state index in [0.29, 0.717) is 10.0 Å². The number of halogens is 2. The van der Waals surface area contributed by atoms with Crippen molar-refractivity contribution in [3.05, 3.63) is 28.2 Å². The number of ether oxygens (including phenoxy) is 1. The zero-order valence-corrected chi connectivity index (χ0v) is 11.8. The summed E-state index contributed by atoms with van der Waals surface area (Å²) in [5.41, 5.74) is 0. The molecule has 4 heteroatoms. The van der Waals surface area contributed by atoms with Crippen LogP contribution < -0.4 is 10.1 Å². The van der Waals surface area contributed by atoms with Gasteiger partial charge in [0.25, 0.3) is 0 Å². The van der Waals surface area contributed by atoms with Crippen molar-refractivity contribution in [2.75, 3.05) is 13.1 Å². The third-order valence-electron chi connectivity index (χ3n) is 2.43. The summed E-state index contributed by atoms with van der Waals surface area (Å²) in [6.07, 6.45) is 2.29. The molecule has 0 heterocycles. The Morgan fingerprint density at radius 3 is 2.59 bits per heavy atom. The predicted octanol–water partition coefficient (Wildman–Crippen LogP) is 4.15. The Bertz CT molecular complexity index is 344. The van der Waals surface area contributed by atoms with Gasteiger partial charge in [-0.15, -0.1) is 0 Å². The van der Waals surface area contributed by atoms with Gasteiger partial charge in [-0.05, 0) is 25.1 Å². The molecule has 0 spiro atoms. The Morgan fingerprint density at radius 2 is 2.00 bits per heavy atom. The fraction of sp³-hybridized carbons (Fsp3) is 0.538. The van der Waals surface area contributed by atoms with Gasteiger partial charge in [0.15, 0.2) is 0 Å². The van der Waals surface area contributed by atoms with E-state index >= 15 is 0 Å². The third kappa shape index (κ3) is 5.15. The number of hydrogen-bond donors (Lipinski definition) is 1. The number of likely N-dealkylation sites (N-methyl/N-ethyl adjacent to an activating group) is 1. The summed E-state index contributed by atoms with van der Waals surface area (Å²) in [6.45, 7) is 6.04. The second-order valence-corrected chi connectivity index (χ2v) is 4.73. The van der Waals surface area contributed by atoms with Crippen molar-refractivity contribution in [2.24, 2.45) is 0 Å². The van der Waals surface area contributed by atoms with Gasteiger partial charge in [-0.1, -0.05) is 43.5 Å². The van der Waals surface area contributed by atoms with Crippen LogP contribution in [0.1, 0.15) is 26.7 Å². The van der Waals surface area contributed by atoms with E-state index < -0.39 is 0 Å². The van der Waals surface area contributed by atoms with Crippen molar-refractivity contribution in [1.29, 1.82) is 0 Å². The summed E-state index contributed by atoms with van der Waals surface area (Å²) in [6, 6.07) is 5.37. The minimum absolute atomic E-state index is 0.178. The van der Waals surface area contributed by atoms with E-state index in [9.17, 15) is 0 Å². The highest BCUT2D eigenvalue weighted by atomic mass is 35.5. The quantitative estimate of drug-likeness (QED) is 0.807. The smallest absolute Gasteiger partial charge is 0.121 e. The van der Waals surface area contributed by atoms with Crippen LogP contribution in [0.5, 0.6) is 5.75 Å². The van der Waals surface area contributed by atoms with Crippen LogP contribution in [-0.2, 0) is 0 Å². The first-order chi connectivity index (χ1) is 8.17. The van der Waals surface area contributed by atoms with Gasteiger partial charge in [0.05, 0.1) is 10.0 Å². The highest BCUT2D eigenvalue weighted by Crippen LogP contribution is 2.27. The predicted molar refractivity (Wildman–Crippen MR) is 74.3 cm³/mol. The number of nitrogens with one attached hydrogen (secondary N) is 1. The summed E-state index contributed by atoms with van der Waals surface area (Å²) in [5, 5.41) is 4.38. The average Bonchev–Trinajstić information content (AvgIpc) is 2.31. The van der Waals surface area contributed by atoms with Crippen LogP contribution in [0.2, 0.25) is 10.0 Å². The molecule has 1 rings (SSSR count). The van der Waals surface area contributed by atoms with E-state index in [4.69, 9.17) is 27.9 Å². The van der Waals surface area contributed by atoms with Crippen molar-refractivity contribution in [3.8, 4) is 5.75 Å². The maximum Gasteiger partial charge on any atom is 0.121 e. The van der Waals surface area contributed by atoms with Gasteiger partial charge in [-0.2, -0.15) is 0 Å². The molecule has 1 atom stereocenters. The van der Waals surface area contributed by atoms with E-state index in [2.05, 4.69) is 19.2 Å². The van der Waals surface area contributed by atoms with Gasteiger partial charge in [0.2, 0.25) is 0 Å². The van der Waals surface area contributed by atoms with Gasteiger partial charge in [-0.25, -0.2) is 0 Å². The third-order valence-corrected chi connectivity index (χ3v) is 3.17. The topological polar surface area (TPSA) is 21.3 Å². The highest BCUT2D eigenvalue weighted by molar-refractivity contribution is 6.42. The summed E-state index contributed by atoms with van der Waals surface area (Å²) in [5.74, 6) is 0.774. The largest absolute Gasteiger partial charge is 0.489 e. The lowest BCUT2D eigenvalue weighted by Gasteiger charge is -2.19. The number of hydrogen-bond acceptors (Lipinski definition) is 2. The molecule has 17 heavy (non-hydrogen) atoms. The van der Waals surface area contributed by atoms with Gasteiger partial charge in [-0.3, -0.25) is 0 Å². The maximum atomic E-state index is 5.95. The number of benzene rings is 1. The Labute approximate surface area is 113 Å². The van der Waals surface area contributed by atoms with Crippen molar-refractivity contribution >= 4 is 23.2 Å². The second-order valence-electron chi connectivity index (χ2n) is 3.91. The first kappa shape index (κ1) is 14.6. The molecule has 1 unspecified atom stereocenters. The fourth-order valence-electron chi connectivity index (χ4n) is 1.57. The molecule has 0 saturated heterocycles. The first-order valence-corrected chi connectivity index (χ1v) is 6.75. The molecule has 0 fully saturated rings. The number of rotatable bonds is 7. The maximum absolute atomic E-state index is 5.95. The van der Waals surface area contributed by atoms with Gasteiger partial charge in [0.1, 0.15) is 11.9 Å². The molecule has 0 aliphatic rings. The Balaban J connectivity index is 2.61. The summed E-state index contributed by atoms with van der Waals surface area (Å²) in [7, 11) is 0. The van der Waals surface area contributed by atoms with Crippen LogP contribution >= 0.6 is 23.2 Å². The van der Waals surface area contributed by atoms with Gasteiger partial charge in [0, 0.05) is 12.6 Å². The Hall–Kier alpha value is -0.440. The molecule has 2 nitrogen and oxygen atoms in total. The molecular weight excluding hydrogens is 257 g/mol. The van der Waals surface area contributed by atoms with Crippen LogP contribution in [0.3, 0.4) is 0 Å². The van der Waals surface area contributed by atoms with Crippen molar-refractivity contribution in [3.63, 3.8) is 0 Å². The molecule has 0 aliphatic heterocycles. The standard InChI is InChI=1S/C13H19Cl2NO/c1-3-5-11(9-16-4-2)17-10-6-7-12(14)13(15)8-10/h6-8,11,16H,3-5,9H2,1-2H3. The molecule has 1 N–H and O–H groups in total. The van der Waals surface area contributed by atoms with Crippen LogP contribution in [0.15, 0.2) is 18.2 Å². The fourth-order valence-corrected chi connectivity index (χ4v) is 1.86. The molecule has 0 aliphatic carbocycles. The molecule has 1 aromatic rings. The summed E-state index contributed by atoms with van der Waals surface area (Å²) < 4.78 is 5.89. The Kier molecular flexibility index (Phi) is 6.71.